The van der Waals surface area contributed by atoms with Gasteiger partial charge < -0.3 is 15.1 Å². The number of hydrogen-bond donors (Lipinski definition) is 2. The van der Waals surface area contributed by atoms with Gasteiger partial charge in [0.15, 0.2) is 0 Å². The molecule has 1 saturated heterocycles. The van der Waals surface area contributed by atoms with Crippen molar-refractivity contribution in [2.75, 3.05) is 32.8 Å². The number of nitrogens with zero attached hydrogens (tertiary/aromatic N) is 1. The van der Waals surface area contributed by atoms with Crippen LogP contribution in [0.5, 0.6) is 0 Å². The molecule has 0 amide bonds. The molecule has 2 atom stereocenters. The van der Waals surface area contributed by atoms with Crippen LogP contribution in [0.2, 0.25) is 0 Å². The predicted molar refractivity (Wildman–Crippen MR) is 79.4 cm³/mol. The quantitative estimate of drug-likeness (QED) is 0.742. The van der Waals surface area contributed by atoms with Crippen LogP contribution >= 0.6 is 0 Å². The molecule has 1 aromatic carbocycles. The van der Waals surface area contributed by atoms with Gasteiger partial charge in [-0.05, 0) is 43.2 Å². The van der Waals surface area contributed by atoms with Crippen LogP contribution in [0.15, 0.2) is 30.3 Å². The third-order valence-corrected chi connectivity index (χ3v) is 5.38. The normalized spacial score (nSPS) is 27.5. The summed E-state index contributed by atoms with van der Waals surface area (Å²) in [5.41, 5.74) is 1.29. The Hall–Kier alpha value is -0.900. The molecule has 2 N–H and O–H groups in total. The lowest BCUT2D eigenvalue weighted by Crippen LogP contribution is -2.32. The standard InChI is InChI=1S/C17H25NO2/c19-12-17(13-20)15-10-18(11-16(15)17)9-5-4-8-14-6-2-1-3-7-14/h1-3,6-7,15-16,19-20H,4-5,8-13H2. The fraction of sp³-hybridized carbons (Fsp3) is 0.647. The Morgan fingerprint density at radius 3 is 2.25 bits per heavy atom. The van der Waals surface area contributed by atoms with Gasteiger partial charge in [0.1, 0.15) is 0 Å². The first-order valence-electron chi connectivity index (χ1n) is 7.78. The van der Waals surface area contributed by atoms with Crippen molar-refractivity contribution in [3.8, 4) is 0 Å². The van der Waals surface area contributed by atoms with E-state index in [9.17, 15) is 10.2 Å². The van der Waals surface area contributed by atoms with E-state index in [0.717, 1.165) is 19.6 Å². The molecule has 3 heteroatoms. The third kappa shape index (κ3) is 2.50. The minimum Gasteiger partial charge on any atom is -0.396 e. The fourth-order valence-corrected chi connectivity index (χ4v) is 3.93. The number of hydrogen-bond acceptors (Lipinski definition) is 3. The topological polar surface area (TPSA) is 43.7 Å². The molecule has 20 heavy (non-hydrogen) atoms. The van der Waals surface area contributed by atoms with Crippen LogP contribution in [0.3, 0.4) is 0 Å². The monoisotopic (exact) mass is 275 g/mol. The second-order valence-corrected chi connectivity index (χ2v) is 6.46. The van der Waals surface area contributed by atoms with Crippen molar-refractivity contribution < 1.29 is 10.2 Å². The lowest BCUT2D eigenvalue weighted by molar-refractivity contribution is 0.0879. The van der Waals surface area contributed by atoms with E-state index in [2.05, 4.69) is 35.2 Å². The van der Waals surface area contributed by atoms with Gasteiger partial charge in [-0.1, -0.05) is 30.3 Å². The Labute approximate surface area is 121 Å². The first-order chi connectivity index (χ1) is 9.80. The summed E-state index contributed by atoms with van der Waals surface area (Å²) in [6.07, 6.45) is 3.64. The Morgan fingerprint density at radius 1 is 1.00 bits per heavy atom. The molecule has 1 aromatic rings. The summed E-state index contributed by atoms with van der Waals surface area (Å²) in [4.78, 5) is 2.50. The highest BCUT2D eigenvalue weighted by molar-refractivity contribution is 5.16. The lowest BCUT2D eigenvalue weighted by atomic mass is 10.0. The Morgan fingerprint density at radius 2 is 1.65 bits per heavy atom. The molecule has 2 fully saturated rings. The average Bonchev–Trinajstić information content (AvgIpc) is 2.87. The van der Waals surface area contributed by atoms with Gasteiger partial charge in [-0.25, -0.2) is 0 Å². The number of rotatable bonds is 7. The number of likely N-dealkylation sites (tertiary alicyclic amines) is 1. The van der Waals surface area contributed by atoms with Gasteiger partial charge >= 0.3 is 0 Å². The largest absolute Gasteiger partial charge is 0.396 e. The highest BCUT2D eigenvalue weighted by Gasteiger charge is 2.67. The van der Waals surface area contributed by atoms with Gasteiger partial charge in [-0.15, -0.1) is 0 Å². The van der Waals surface area contributed by atoms with Gasteiger partial charge in [0.2, 0.25) is 0 Å². The van der Waals surface area contributed by atoms with E-state index >= 15 is 0 Å². The van der Waals surface area contributed by atoms with Crippen molar-refractivity contribution in [1.82, 2.24) is 4.90 Å². The SMILES string of the molecule is OCC1(CO)C2CN(CCCCc3ccccc3)CC21. The zero-order chi connectivity index (χ0) is 14.0. The molecular formula is C17H25NO2. The molecule has 2 aliphatic rings. The Balaban J connectivity index is 1.34. The molecule has 1 heterocycles. The van der Waals surface area contributed by atoms with Crippen LogP contribution in [-0.4, -0.2) is 48.0 Å². The number of aliphatic hydroxyl groups is 2. The summed E-state index contributed by atoms with van der Waals surface area (Å²) in [5, 5.41) is 18.8. The number of aliphatic hydroxyl groups excluding tert-OH is 2. The molecule has 0 spiro atoms. The van der Waals surface area contributed by atoms with Crippen molar-refractivity contribution in [3.05, 3.63) is 35.9 Å². The minimum absolute atomic E-state index is 0.138. The molecule has 3 nitrogen and oxygen atoms in total. The molecule has 0 radical (unpaired) electrons. The maximum atomic E-state index is 9.41. The van der Waals surface area contributed by atoms with E-state index in [1.54, 1.807) is 0 Å². The lowest BCUT2D eigenvalue weighted by Gasteiger charge is -2.23. The minimum atomic E-state index is -0.138. The van der Waals surface area contributed by atoms with E-state index in [4.69, 9.17) is 0 Å². The summed E-state index contributed by atoms with van der Waals surface area (Å²) in [5.74, 6) is 1.07. The van der Waals surface area contributed by atoms with Gasteiger partial charge in [0, 0.05) is 18.5 Å². The average molecular weight is 275 g/mol. The summed E-state index contributed by atoms with van der Waals surface area (Å²) in [6.45, 7) is 3.60. The molecule has 0 aromatic heterocycles. The van der Waals surface area contributed by atoms with Gasteiger partial charge in [0.05, 0.1) is 13.2 Å². The number of unbranched alkanes of at least 4 members (excludes halogenated alkanes) is 1. The predicted octanol–water partition coefficient (Wildman–Crippen LogP) is 1.54. The summed E-state index contributed by atoms with van der Waals surface area (Å²) < 4.78 is 0. The molecule has 0 bridgehead atoms. The fourth-order valence-electron chi connectivity index (χ4n) is 3.93. The van der Waals surface area contributed by atoms with E-state index in [0.29, 0.717) is 11.8 Å². The van der Waals surface area contributed by atoms with Gasteiger partial charge in [0.25, 0.3) is 0 Å². The first kappa shape index (κ1) is 14.1. The second-order valence-electron chi connectivity index (χ2n) is 6.46. The van der Waals surface area contributed by atoms with Crippen molar-refractivity contribution in [2.45, 2.75) is 19.3 Å². The number of aryl methyl sites for hydroxylation is 1. The maximum Gasteiger partial charge on any atom is 0.0515 e. The smallest absolute Gasteiger partial charge is 0.0515 e. The Kier molecular flexibility index (Phi) is 4.11. The number of piperidine rings is 1. The zero-order valence-electron chi connectivity index (χ0n) is 12.0. The highest BCUT2D eigenvalue weighted by atomic mass is 16.3. The molecule has 1 aliphatic heterocycles. The summed E-state index contributed by atoms with van der Waals surface area (Å²) >= 11 is 0. The second kappa shape index (κ2) is 5.84. The molecular weight excluding hydrogens is 250 g/mol. The van der Waals surface area contributed by atoms with Crippen LogP contribution in [-0.2, 0) is 6.42 Å². The van der Waals surface area contributed by atoms with E-state index in [-0.39, 0.29) is 18.6 Å². The van der Waals surface area contributed by atoms with Crippen molar-refractivity contribution >= 4 is 0 Å². The Bertz CT molecular complexity index is 416. The van der Waals surface area contributed by atoms with Crippen molar-refractivity contribution in [2.24, 2.45) is 17.3 Å². The van der Waals surface area contributed by atoms with Crippen molar-refractivity contribution in [1.29, 1.82) is 0 Å². The summed E-state index contributed by atoms with van der Waals surface area (Å²) in [6, 6.07) is 10.7. The van der Waals surface area contributed by atoms with Crippen LogP contribution in [0, 0.1) is 17.3 Å². The molecule has 3 rings (SSSR count). The third-order valence-electron chi connectivity index (χ3n) is 5.38. The maximum absolute atomic E-state index is 9.41. The van der Waals surface area contributed by atoms with Crippen LogP contribution in [0.1, 0.15) is 18.4 Å². The first-order valence-corrected chi connectivity index (χ1v) is 7.78. The van der Waals surface area contributed by atoms with Gasteiger partial charge in [-0.2, -0.15) is 0 Å². The molecule has 1 saturated carbocycles. The van der Waals surface area contributed by atoms with E-state index < -0.39 is 0 Å². The molecule has 2 unspecified atom stereocenters. The molecule has 1 aliphatic carbocycles. The number of benzene rings is 1. The van der Waals surface area contributed by atoms with Crippen LogP contribution in [0.4, 0.5) is 0 Å². The van der Waals surface area contributed by atoms with Crippen LogP contribution < -0.4 is 0 Å². The van der Waals surface area contributed by atoms with E-state index in [1.807, 2.05) is 0 Å². The zero-order valence-corrected chi connectivity index (χ0v) is 12.0. The highest BCUT2D eigenvalue weighted by Crippen LogP contribution is 2.61. The number of fused-ring (bicyclic) bond motifs is 1. The van der Waals surface area contributed by atoms with Crippen molar-refractivity contribution in [3.63, 3.8) is 0 Å². The van der Waals surface area contributed by atoms with Crippen LogP contribution in [0.25, 0.3) is 0 Å². The van der Waals surface area contributed by atoms with E-state index in [1.165, 1.54) is 24.8 Å². The summed E-state index contributed by atoms with van der Waals surface area (Å²) in [7, 11) is 0. The molecule has 110 valence electrons. The van der Waals surface area contributed by atoms with Gasteiger partial charge in [-0.3, -0.25) is 0 Å².